The fourth-order valence-electron chi connectivity index (χ4n) is 1.71. The lowest BCUT2D eigenvalue weighted by Crippen LogP contribution is -2.31. The maximum atomic E-state index is 12.0. The number of hydrogen-bond acceptors (Lipinski definition) is 5. The van der Waals surface area contributed by atoms with E-state index in [4.69, 9.17) is 0 Å². The average Bonchev–Trinajstić information content (AvgIpc) is 2.33. The number of aryl methyl sites for hydroxylation is 1. The third-order valence-corrected chi connectivity index (χ3v) is 2.69. The predicted molar refractivity (Wildman–Crippen MR) is 77.7 cm³/mol. The lowest BCUT2D eigenvalue weighted by Gasteiger charge is -2.20. The van der Waals surface area contributed by atoms with Gasteiger partial charge >= 0.3 is 5.69 Å². The van der Waals surface area contributed by atoms with Gasteiger partial charge in [-0.05, 0) is 39.3 Å². The van der Waals surface area contributed by atoms with Crippen LogP contribution in [0, 0.1) is 6.92 Å². The van der Waals surface area contributed by atoms with Crippen molar-refractivity contribution in [1.29, 1.82) is 0 Å². The minimum absolute atomic E-state index is 0.184. The molecule has 0 aromatic carbocycles. The van der Waals surface area contributed by atoms with Gasteiger partial charge in [-0.2, -0.15) is 4.98 Å². The maximum absolute atomic E-state index is 12.0. The van der Waals surface area contributed by atoms with Gasteiger partial charge in [0.15, 0.2) is 0 Å². The fourth-order valence-corrected chi connectivity index (χ4v) is 1.71. The molecule has 0 atom stereocenters. The Bertz CT molecular complexity index is 657. The monoisotopic (exact) mass is 273 g/mol. The van der Waals surface area contributed by atoms with Crippen molar-refractivity contribution < 1.29 is 0 Å². The van der Waals surface area contributed by atoms with Gasteiger partial charge < -0.3 is 5.32 Å². The van der Waals surface area contributed by atoms with Gasteiger partial charge in [0.05, 0.1) is 12.2 Å². The van der Waals surface area contributed by atoms with Crippen LogP contribution in [0.4, 0.5) is 5.95 Å². The highest BCUT2D eigenvalue weighted by molar-refractivity contribution is 5.25. The zero-order valence-electron chi connectivity index (χ0n) is 12.2. The first kappa shape index (κ1) is 14.2. The Hall–Kier alpha value is -2.24. The second-order valence-electron chi connectivity index (χ2n) is 5.73. The van der Waals surface area contributed by atoms with Gasteiger partial charge in [0, 0.05) is 11.7 Å². The van der Waals surface area contributed by atoms with E-state index in [0.717, 1.165) is 11.3 Å². The van der Waals surface area contributed by atoms with Gasteiger partial charge in [0.1, 0.15) is 6.33 Å². The predicted octanol–water partition coefficient (Wildman–Crippen LogP) is 1.60. The maximum Gasteiger partial charge on any atom is 0.352 e. The Kier molecular flexibility index (Phi) is 3.83. The molecular formula is C14H19N5O. The first-order valence-corrected chi connectivity index (χ1v) is 6.47. The summed E-state index contributed by atoms with van der Waals surface area (Å²) in [5.41, 5.74) is 1.36. The molecule has 0 spiro atoms. The molecule has 0 aliphatic carbocycles. The summed E-state index contributed by atoms with van der Waals surface area (Å²) in [6.07, 6.45) is 3.21. The molecule has 0 unspecified atom stereocenters. The molecule has 0 bridgehead atoms. The van der Waals surface area contributed by atoms with Crippen molar-refractivity contribution in [2.45, 2.75) is 39.8 Å². The summed E-state index contributed by atoms with van der Waals surface area (Å²) in [4.78, 5) is 24.4. The molecule has 2 aromatic rings. The number of nitrogens with one attached hydrogen (secondary N) is 1. The smallest absolute Gasteiger partial charge is 0.349 e. The molecule has 106 valence electrons. The van der Waals surface area contributed by atoms with Gasteiger partial charge in [0.2, 0.25) is 5.95 Å². The summed E-state index contributed by atoms with van der Waals surface area (Å²) in [5, 5.41) is 3.07. The minimum atomic E-state index is -0.336. The van der Waals surface area contributed by atoms with Crippen LogP contribution in [0.1, 0.15) is 32.0 Å². The van der Waals surface area contributed by atoms with E-state index in [9.17, 15) is 4.79 Å². The van der Waals surface area contributed by atoms with Crippen LogP contribution in [-0.2, 0) is 6.54 Å². The molecule has 20 heavy (non-hydrogen) atoms. The molecule has 0 radical (unpaired) electrons. The van der Waals surface area contributed by atoms with E-state index in [0.29, 0.717) is 12.5 Å². The van der Waals surface area contributed by atoms with Crippen LogP contribution in [0.15, 0.2) is 29.5 Å². The van der Waals surface area contributed by atoms with E-state index in [-0.39, 0.29) is 11.2 Å². The Morgan fingerprint density at radius 3 is 2.65 bits per heavy atom. The van der Waals surface area contributed by atoms with E-state index in [1.54, 1.807) is 6.20 Å². The van der Waals surface area contributed by atoms with Gasteiger partial charge in [0.25, 0.3) is 0 Å². The highest BCUT2D eigenvalue weighted by Gasteiger charge is 2.12. The van der Waals surface area contributed by atoms with Crippen molar-refractivity contribution in [2.75, 3.05) is 5.32 Å². The van der Waals surface area contributed by atoms with Crippen LogP contribution in [0.3, 0.4) is 0 Å². The zero-order valence-corrected chi connectivity index (χ0v) is 12.2. The highest BCUT2D eigenvalue weighted by Crippen LogP contribution is 2.08. The van der Waals surface area contributed by atoms with E-state index < -0.39 is 0 Å². The van der Waals surface area contributed by atoms with Gasteiger partial charge in [-0.15, -0.1) is 0 Å². The van der Waals surface area contributed by atoms with Crippen molar-refractivity contribution in [3.8, 4) is 0 Å². The molecule has 0 saturated heterocycles. The molecule has 6 nitrogen and oxygen atoms in total. The number of aromatic nitrogens is 4. The lowest BCUT2D eigenvalue weighted by molar-refractivity contribution is 0.614. The lowest BCUT2D eigenvalue weighted by atomic mass is 10.1. The number of pyridine rings is 1. The van der Waals surface area contributed by atoms with Crippen molar-refractivity contribution in [2.24, 2.45) is 0 Å². The van der Waals surface area contributed by atoms with Crippen LogP contribution < -0.4 is 11.0 Å². The average molecular weight is 273 g/mol. The van der Waals surface area contributed by atoms with E-state index in [2.05, 4.69) is 20.3 Å². The van der Waals surface area contributed by atoms with Crippen LogP contribution in [0.25, 0.3) is 0 Å². The minimum Gasteiger partial charge on any atom is -0.349 e. The van der Waals surface area contributed by atoms with E-state index in [1.165, 1.54) is 10.9 Å². The van der Waals surface area contributed by atoms with Gasteiger partial charge in [-0.1, -0.05) is 6.07 Å². The molecule has 6 heteroatoms. The molecule has 2 aromatic heterocycles. The first-order chi connectivity index (χ1) is 9.35. The molecule has 0 amide bonds. The summed E-state index contributed by atoms with van der Waals surface area (Å²) in [6, 6.07) is 3.83. The third-order valence-electron chi connectivity index (χ3n) is 2.69. The Balaban J connectivity index is 2.23. The molecule has 0 aliphatic heterocycles. The summed E-state index contributed by atoms with van der Waals surface area (Å²) in [7, 11) is 0. The van der Waals surface area contributed by atoms with Crippen molar-refractivity contribution in [3.05, 3.63) is 46.4 Å². The second-order valence-corrected chi connectivity index (χ2v) is 5.73. The standard InChI is InChI=1S/C14H19N5O/c1-10-6-5-7-15-11(10)8-19-9-16-12(17-13(19)20)18-14(2,3)4/h5-7,9H,8H2,1-4H3,(H,17,18,20). The van der Waals surface area contributed by atoms with Gasteiger partial charge in [-0.25, -0.2) is 9.78 Å². The normalized spacial score (nSPS) is 11.4. The van der Waals surface area contributed by atoms with Crippen LogP contribution >= 0.6 is 0 Å². The topological polar surface area (TPSA) is 72.7 Å². The molecule has 0 aliphatic rings. The molecule has 0 fully saturated rings. The number of rotatable bonds is 3. The highest BCUT2D eigenvalue weighted by atomic mass is 16.1. The molecule has 1 N–H and O–H groups in total. The molecular weight excluding hydrogens is 254 g/mol. The van der Waals surface area contributed by atoms with Crippen molar-refractivity contribution in [3.63, 3.8) is 0 Å². The quantitative estimate of drug-likeness (QED) is 0.919. The Morgan fingerprint density at radius 1 is 1.30 bits per heavy atom. The summed E-state index contributed by atoms with van der Waals surface area (Å²) in [5.74, 6) is 0.344. The van der Waals surface area contributed by atoms with Crippen molar-refractivity contribution in [1.82, 2.24) is 19.5 Å². The van der Waals surface area contributed by atoms with Crippen LogP contribution in [-0.4, -0.2) is 25.1 Å². The van der Waals surface area contributed by atoms with E-state index in [1.807, 2.05) is 39.8 Å². The van der Waals surface area contributed by atoms with E-state index >= 15 is 0 Å². The first-order valence-electron chi connectivity index (χ1n) is 6.47. The number of hydrogen-bond donors (Lipinski definition) is 1. The SMILES string of the molecule is Cc1cccnc1Cn1cnc(NC(C)(C)C)nc1=O. The number of nitrogens with zero attached hydrogens (tertiary/aromatic N) is 4. The Morgan fingerprint density at radius 2 is 2.05 bits per heavy atom. The fraction of sp³-hybridized carbons (Fsp3) is 0.429. The third kappa shape index (κ3) is 3.63. The molecule has 2 rings (SSSR count). The largest absolute Gasteiger partial charge is 0.352 e. The van der Waals surface area contributed by atoms with Crippen LogP contribution in [0.5, 0.6) is 0 Å². The van der Waals surface area contributed by atoms with Gasteiger partial charge in [-0.3, -0.25) is 9.55 Å². The Labute approximate surface area is 117 Å². The zero-order chi connectivity index (χ0) is 14.8. The molecule has 0 saturated carbocycles. The molecule has 2 heterocycles. The summed E-state index contributed by atoms with van der Waals surface area (Å²) < 4.78 is 1.45. The second kappa shape index (κ2) is 5.40. The van der Waals surface area contributed by atoms with Crippen LogP contribution in [0.2, 0.25) is 0 Å². The number of anilines is 1. The summed E-state index contributed by atoms with van der Waals surface area (Å²) in [6.45, 7) is 8.29. The summed E-state index contributed by atoms with van der Waals surface area (Å²) >= 11 is 0. The van der Waals surface area contributed by atoms with Crippen molar-refractivity contribution >= 4 is 5.95 Å².